The molecule has 0 aromatic heterocycles. The van der Waals surface area contributed by atoms with Crippen molar-refractivity contribution in [1.29, 1.82) is 0 Å². The summed E-state index contributed by atoms with van der Waals surface area (Å²) >= 11 is 0. The average Bonchev–Trinajstić information content (AvgIpc) is 2.68. The number of nitrogens with zero attached hydrogens (tertiary/aromatic N) is 1. The minimum Gasteiger partial charge on any atom is -0.504 e. The molecule has 0 aliphatic rings. The first-order valence-electron chi connectivity index (χ1n) is 9.00. The van der Waals surface area contributed by atoms with Gasteiger partial charge in [-0.15, -0.1) is 0 Å². The summed E-state index contributed by atoms with van der Waals surface area (Å²) in [6, 6.07) is 3.71. The summed E-state index contributed by atoms with van der Waals surface area (Å²) < 4.78 is 10.5. The van der Waals surface area contributed by atoms with Gasteiger partial charge < -0.3 is 40.1 Å². The predicted octanol–water partition coefficient (Wildman–Crippen LogP) is 1.70. The molecule has 6 N–H and O–H groups in total. The van der Waals surface area contributed by atoms with Gasteiger partial charge in [0.15, 0.2) is 34.5 Å². The largest absolute Gasteiger partial charge is 0.504 e. The zero-order chi connectivity index (χ0) is 23.7. The van der Waals surface area contributed by atoms with Gasteiger partial charge in [0.1, 0.15) is 0 Å². The van der Waals surface area contributed by atoms with E-state index in [0.29, 0.717) is 0 Å². The molecular formula is C20H24NO10+. The molecule has 0 spiro atoms. The Labute approximate surface area is 177 Å². The van der Waals surface area contributed by atoms with Crippen LogP contribution in [0, 0.1) is 0 Å². The molecule has 11 heteroatoms. The first-order chi connectivity index (χ1) is 14.2. The summed E-state index contributed by atoms with van der Waals surface area (Å²) in [5.74, 6) is -6.15. The lowest BCUT2D eigenvalue weighted by molar-refractivity contribution is -0.970. The van der Waals surface area contributed by atoms with E-state index < -0.39 is 58.9 Å². The van der Waals surface area contributed by atoms with Crippen LogP contribution in [0.3, 0.4) is 0 Å². The van der Waals surface area contributed by atoms with Crippen LogP contribution in [0.4, 0.5) is 0 Å². The van der Waals surface area contributed by atoms with E-state index in [1.807, 2.05) is 0 Å². The molecule has 2 aromatic rings. The summed E-state index contributed by atoms with van der Waals surface area (Å²) in [4.78, 5) is 24.7. The highest BCUT2D eigenvalue weighted by atomic mass is 16.6. The second-order valence-corrected chi connectivity index (χ2v) is 7.36. The predicted molar refractivity (Wildman–Crippen MR) is 105 cm³/mol. The molecule has 2 rings (SSSR count). The second-order valence-electron chi connectivity index (χ2n) is 7.36. The SMILES string of the molecule is CC(OC(=O)c1cc(O)c(O)c(O)c1)[N+](C)(C)C(C)OC(=O)c1cc(O)c(O)c(O)c1. The lowest BCUT2D eigenvalue weighted by atomic mass is 10.2. The topological polar surface area (TPSA) is 174 Å². The molecule has 0 aliphatic carbocycles. The Morgan fingerprint density at radius 3 is 1.19 bits per heavy atom. The van der Waals surface area contributed by atoms with E-state index in [1.54, 1.807) is 14.1 Å². The molecule has 0 saturated carbocycles. The standard InChI is InChI=1S/C20H23NO10/c1-9(30-19(28)11-5-13(22)17(26)14(23)6-11)21(3,4)10(2)31-20(29)12-7-15(24)18(27)16(25)8-12/h5-10H,1-4H3,(H5-,22,23,24,25,26,27,28,29)/p+1. The van der Waals surface area contributed by atoms with E-state index in [2.05, 4.69) is 0 Å². The van der Waals surface area contributed by atoms with Crippen LogP contribution in [0.1, 0.15) is 34.6 Å². The van der Waals surface area contributed by atoms with Crippen molar-refractivity contribution < 1.29 is 54.2 Å². The van der Waals surface area contributed by atoms with E-state index in [9.17, 15) is 40.2 Å². The van der Waals surface area contributed by atoms with Crippen LogP contribution >= 0.6 is 0 Å². The van der Waals surface area contributed by atoms with Crippen LogP contribution in [0.5, 0.6) is 34.5 Å². The Balaban J connectivity index is 2.12. The number of quaternary nitrogens is 1. The summed E-state index contributed by atoms with van der Waals surface area (Å²) in [5, 5.41) is 56.9. The smallest absolute Gasteiger partial charge is 0.342 e. The number of ether oxygens (including phenoxy) is 2. The molecule has 2 aromatic carbocycles. The summed E-state index contributed by atoms with van der Waals surface area (Å²) in [7, 11) is 3.21. The highest BCUT2D eigenvalue weighted by Gasteiger charge is 2.36. The molecule has 0 fully saturated rings. The van der Waals surface area contributed by atoms with Crippen molar-refractivity contribution in [3.63, 3.8) is 0 Å². The van der Waals surface area contributed by atoms with Gasteiger partial charge in [-0.2, -0.15) is 0 Å². The van der Waals surface area contributed by atoms with Gasteiger partial charge >= 0.3 is 11.9 Å². The number of carbonyl (C=O) groups excluding carboxylic acids is 2. The molecule has 0 bridgehead atoms. The number of phenolic OH excluding ortho intramolecular Hbond substituents is 6. The Hall–Kier alpha value is -3.86. The zero-order valence-electron chi connectivity index (χ0n) is 17.2. The highest BCUT2D eigenvalue weighted by Crippen LogP contribution is 2.36. The van der Waals surface area contributed by atoms with Crippen molar-refractivity contribution in [3.8, 4) is 34.5 Å². The van der Waals surface area contributed by atoms with Crippen molar-refractivity contribution >= 4 is 11.9 Å². The Kier molecular flexibility index (Phi) is 6.41. The molecule has 0 saturated heterocycles. The van der Waals surface area contributed by atoms with Gasteiger partial charge in [0.2, 0.25) is 12.5 Å². The number of rotatable bonds is 6. The zero-order valence-corrected chi connectivity index (χ0v) is 17.2. The van der Waals surface area contributed by atoms with Crippen molar-refractivity contribution in [2.24, 2.45) is 0 Å². The number of carbonyl (C=O) groups is 2. The van der Waals surface area contributed by atoms with Crippen LogP contribution < -0.4 is 0 Å². The van der Waals surface area contributed by atoms with Crippen LogP contribution in [0.15, 0.2) is 24.3 Å². The number of aromatic hydroxyl groups is 6. The van der Waals surface area contributed by atoms with Gasteiger partial charge in [-0.1, -0.05) is 0 Å². The third-order valence-corrected chi connectivity index (χ3v) is 5.04. The lowest BCUT2D eigenvalue weighted by Gasteiger charge is -2.38. The van der Waals surface area contributed by atoms with E-state index in [4.69, 9.17) is 9.47 Å². The molecule has 0 aliphatic heterocycles. The van der Waals surface area contributed by atoms with Gasteiger partial charge in [-0.25, -0.2) is 9.59 Å². The molecule has 2 unspecified atom stereocenters. The highest BCUT2D eigenvalue weighted by molar-refractivity contribution is 5.91. The van der Waals surface area contributed by atoms with Crippen LogP contribution in [0.25, 0.3) is 0 Å². The summed E-state index contributed by atoms with van der Waals surface area (Å²) in [6.07, 6.45) is -1.76. The Bertz CT molecular complexity index is 892. The molecule has 0 heterocycles. The van der Waals surface area contributed by atoms with Crippen molar-refractivity contribution in [2.75, 3.05) is 14.1 Å². The quantitative estimate of drug-likeness (QED) is 0.169. The fraction of sp³-hybridized carbons (Fsp3) is 0.300. The van der Waals surface area contributed by atoms with Crippen LogP contribution in [-0.2, 0) is 9.47 Å². The van der Waals surface area contributed by atoms with Gasteiger partial charge in [0.05, 0.1) is 25.2 Å². The van der Waals surface area contributed by atoms with E-state index in [1.165, 1.54) is 13.8 Å². The molecule has 0 radical (unpaired) electrons. The minimum absolute atomic E-state index is 0.163. The van der Waals surface area contributed by atoms with Crippen molar-refractivity contribution in [3.05, 3.63) is 35.4 Å². The maximum atomic E-state index is 12.4. The third kappa shape index (κ3) is 4.83. The van der Waals surface area contributed by atoms with Gasteiger partial charge in [-0.05, 0) is 24.3 Å². The van der Waals surface area contributed by atoms with Crippen LogP contribution in [0.2, 0.25) is 0 Å². The average molecular weight is 438 g/mol. The number of phenols is 6. The van der Waals surface area contributed by atoms with E-state index in [-0.39, 0.29) is 15.6 Å². The third-order valence-electron chi connectivity index (χ3n) is 5.04. The number of esters is 2. The molecule has 2 atom stereocenters. The Morgan fingerprint density at radius 1 is 0.677 bits per heavy atom. The molecule has 0 amide bonds. The number of hydrogen-bond donors (Lipinski definition) is 6. The molecular weight excluding hydrogens is 414 g/mol. The lowest BCUT2D eigenvalue weighted by Crippen LogP contribution is -2.56. The molecule has 11 nitrogen and oxygen atoms in total. The Morgan fingerprint density at radius 2 is 0.935 bits per heavy atom. The molecule has 168 valence electrons. The maximum absolute atomic E-state index is 12.4. The first-order valence-corrected chi connectivity index (χ1v) is 9.00. The van der Waals surface area contributed by atoms with Gasteiger partial charge in [0, 0.05) is 13.8 Å². The fourth-order valence-electron chi connectivity index (χ4n) is 2.46. The van der Waals surface area contributed by atoms with Gasteiger partial charge in [0.25, 0.3) is 0 Å². The van der Waals surface area contributed by atoms with Gasteiger partial charge in [-0.3, -0.25) is 4.48 Å². The second kappa shape index (κ2) is 8.48. The normalized spacial score (nSPS) is 13.3. The monoisotopic (exact) mass is 438 g/mol. The number of benzene rings is 2. The first kappa shape index (κ1) is 23.4. The van der Waals surface area contributed by atoms with E-state index >= 15 is 0 Å². The minimum atomic E-state index is -0.906. The van der Waals surface area contributed by atoms with Crippen molar-refractivity contribution in [2.45, 2.75) is 26.3 Å². The van der Waals surface area contributed by atoms with Crippen LogP contribution in [-0.4, -0.2) is 73.6 Å². The molecule has 31 heavy (non-hydrogen) atoms. The maximum Gasteiger partial charge on any atom is 0.342 e. The number of hydrogen-bond acceptors (Lipinski definition) is 10. The summed E-state index contributed by atoms with van der Waals surface area (Å²) in [5.41, 5.74) is -0.418. The summed E-state index contributed by atoms with van der Waals surface area (Å²) in [6.45, 7) is 3.06. The fourth-order valence-corrected chi connectivity index (χ4v) is 2.46. The van der Waals surface area contributed by atoms with E-state index in [0.717, 1.165) is 24.3 Å². The van der Waals surface area contributed by atoms with Crippen molar-refractivity contribution in [1.82, 2.24) is 0 Å².